The Labute approximate surface area is 203 Å². The van der Waals surface area contributed by atoms with Crippen LogP contribution in [0.4, 0.5) is 14.5 Å². The van der Waals surface area contributed by atoms with Crippen LogP contribution < -0.4 is 14.4 Å². The van der Waals surface area contributed by atoms with Crippen molar-refractivity contribution in [3.8, 4) is 11.5 Å². The molecule has 4 aromatic rings. The lowest BCUT2D eigenvalue weighted by molar-refractivity contribution is -0.132. The molecule has 36 heavy (non-hydrogen) atoms. The molecule has 6 rings (SSSR count). The van der Waals surface area contributed by atoms with Crippen LogP contribution in [-0.2, 0) is 9.59 Å². The van der Waals surface area contributed by atoms with Crippen molar-refractivity contribution >= 4 is 33.9 Å². The lowest BCUT2D eigenvalue weighted by Crippen LogP contribution is -2.29. The first-order chi connectivity index (χ1) is 17.4. The molecule has 0 radical (unpaired) electrons. The molecular weight excluding hydrogens is 468 g/mol. The highest BCUT2D eigenvalue weighted by Gasteiger charge is 2.47. The van der Waals surface area contributed by atoms with Gasteiger partial charge in [-0.2, -0.15) is 0 Å². The summed E-state index contributed by atoms with van der Waals surface area (Å²) >= 11 is 0. The second-order valence-corrected chi connectivity index (χ2v) is 8.40. The van der Waals surface area contributed by atoms with Crippen LogP contribution in [0.1, 0.15) is 17.2 Å². The Balaban J connectivity index is 1.62. The topological polar surface area (TPSA) is 76.1 Å². The maximum Gasteiger partial charge on any atom is 0.300 e. The lowest BCUT2D eigenvalue weighted by atomic mass is 9.91. The normalized spacial score (nSPS) is 18.3. The molecule has 1 N–H and O–H groups in total. The molecule has 0 bridgehead atoms. The van der Waals surface area contributed by atoms with Gasteiger partial charge in [-0.05, 0) is 46.7 Å². The summed E-state index contributed by atoms with van der Waals surface area (Å²) in [7, 11) is 0. The molecule has 0 saturated carbocycles. The van der Waals surface area contributed by atoms with E-state index >= 15 is 0 Å². The third kappa shape index (κ3) is 3.30. The number of hydrogen-bond acceptors (Lipinski definition) is 5. The van der Waals surface area contributed by atoms with Gasteiger partial charge in [-0.1, -0.05) is 42.5 Å². The van der Waals surface area contributed by atoms with E-state index in [9.17, 15) is 23.5 Å². The molecule has 1 fully saturated rings. The summed E-state index contributed by atoms with van der Waals surface area (Å²) in [6.45, 7) is 0.0239. The van der Waals surface area contributed by atoms with Crippen molar-refractivity contribution in [3.63, 3.8) is 0 Å². The van der Waals surface area contributed by atoms with E-state index in [-0.39, 0.29) is 23.6 Å². The van der Waals surface area contributed by atoms with E-state index < -0.39 is 35.1 Å². The highest BCUT2D eigenvalue weighted by Crippen LogP contribution is 2.45. The molecule has 2 aliphatic heterocycles. The summed E-state index contributed by atoms with van der Waals surface area (Å²) in [5.74, 6) is -3.72. The van der Waals surface area contributed by atoms with Crippen LogP contribution >= 0.6 is 0 Å². The molecular formula is C28H17F2NO5. The van der Waals surface area contributed by atoms with Crippen molar-refractivity contribution in [2.45, 2.75) is 6.04 Å². The van der Waals surface area contributed by atoms with Gasteiger partial charge in [-0.3, -0.25) is 14.5 Å². The van der Waals surface area contributed by atoms with Gasteiger partial charge in [0.2, 0.25) is 6.79 Å². The summed E-state index contributed by atoms with van der Waals surface area (Å²) < 4.78 is 38.6. The number of amides is 1. The fraction of sp³-hybridized carbons (Fsp3) is 0.0714. The van der Waals surface area contributed by atoms with E-state index in [0.717, 1.165) is 27.8 Å². The maximum absolute atomic E-state index is 14.2. The molecule has 6 nitrogen and oxygen atoms in total. The molecule has 0 aliphatic carbocycles. The number of anilines is 1. The van der Waals surface area contributed by atoms with Crippen molar-refractivity contribution in [1.82, 2.24) is 0 Å². The average Bonchev–Trinajstić information content (AvgIpc) is 3.47. The number of carbonyl (C=O) groups excluding carboxylic acids is 2. The number of rotatable bonds is 3. The van der Waals surface area contributed by atoms with Gasteiger partial charge in [0.1, 0.15) is 5.76 Å². The standard InChI is InChI=1S/C28H17F2NO5/c29-20-10-9-17(13-21(20)30)31-25(19-7-3-5-15-4-1-2-6-18(15)19)24(27(33)28(31)34)26(32)16-8-11-22-23(12-16)36-14-35-22/h1-13,25,32H,14H2/b26-24-. The monoisotopic (exact) mass is 485 g/mol. The van der Waals surface area contributed by atoms with E-state index in [1.54, 1.807) is 24.3 Å². The van der Waals surface area contributed by atoms with Gasteiger partial charge in [-0.25, -0.2) is 8.78 Å². The van der Waals surface area contributed by atoms with Crippen LogP contribution in [-0.4, -0.2) is 23.6 Å². The molecule has 2 aliphatic rings. The zero-order valence-electron chi connectivity index (χ0n) is 18.6. The van der Waals surface area contributed by atoms with E-state index in [1.807, 2.05) is 30.3 Å². The fourth-order valence-electron chi connectivity index (χ4n) is 4.72. The highest BCUT2D eigenvalue weighted by atomic mass is 19.2. The van der Waals surface area contributed by atoms with E-state index in [2.05, 4.69) is 0 Å². The summed E-state index contributed by atoms with van der Waals surface area (Å²) in [5, 5.41) is 12.9. The fourth-order valence-corrected chi connectivity index (χ4v) is 4.72. The Hall–Kier alpha value is -4.72. The molecule has 0 spiro atoms. The summed E-state index contributed by atoms with van der Waals surface area (Å²) in [5.41, 5.74) is 0.589. The minimum absolute atomic E-state index is 0.0151. The van der Waals surface area contributed by atoms with Crippen molar-refractivity contribution in [2.24, 2.45) is 0 Å². The molecule has 4 aromatic carbocycles. The lowest BCUT2D eigenvalue weighted by Gasteiger charge is -2.26. The number of hydrogen-bond donors (Lipinski definition) is 1. The van der Waals surface area contributed by atoms with Crippen molar-refractivity contribution in [3.05, 3.63) is 107 Å². The predicted octanol–water partition coefficient (Wildman–Crippen LogP) is 5.47. The van der Waals surface area contributed by atoms with Crippen LogP contribution in [0, 0.1) is 11.6 Å². The second-order valence-electron chi connectivity index (χ2n) is 8.40. The Morgan fingerprint density at radius 1 is 0.861 bits per heavy atom. The SMILES string of the molecule is O=C1C(=O)N(c2ccc(F)c(F)c2)C(c2cccc3ccccc23)/C1=C(/O)c1ccc2c(c1)OCO2. The first kappa shape index (κ1) is 21.8. The second kappa shape index (κ2) is 8.20. The molecule has 1 unspecified atom stereocenters. The van der Waals surface area contributed by atoms with Gasteiger partial charge in [0.15, 0.2) is 23.1 Å². The van der Waals surface area contributed by atoms with E-state index in [4.69, 9.17) is 9.47 Å². The van der Waals surface area contributed by atoms with E-state index in [0.29, 0.717) is 17.1 Å². The Morgan fingerprint density at radius 2 is 1.64 bits per heavy atom. The summed E-state index contributed by atoms with van der Waals surface area (Å²) in [6.07, 6.45) is 0. The number of ketones is 1. The number of Topliss-reactive ketones (excluding diaryl/α,β-unsaturated/α-hetero) is 1. The van der Waals surface area contributed by atoms with Gasteiger partial charge in [0.25, 0.3) is 11.7 Å². The van der Waals surface area contributed by atoms with Gasteiger partial charge < -0.3 is 14.6 Å². The number of aliphatic hydroxyl groups excluding tert-OH is 1. The van der Waals surface area contributed by atoms with Crippen LogP contribution in [0.2, 0.25) is 0 Å². The van der Waals surface area contributed by atoms with Gasteiger partial charge in [0.05, 0.1) is 11.6 Å². The van der Waals surface area contributed by atoms with Crippen LogP contribution in [0.5, 0.6) is 11.5 Å². The number of carbonyl (C=O) groups is 2. The zero-order chi connectivity index (χ0) is 25.0. The van der Waals surface area contributed by atoms with Crippen molar-refractivity contribution < 1.29 is 33.0 Å². The average molecular weight is 485 g/mol. The zero-order valence-corrected chi connectivity index (χ0v) is 18.6. The number of ether oxygens (including phenoxy) is 2. The smallest absolute Gasteiger partial charge is 0.300 e. The van der Waals surface area contributed by atoms with Gasteiger partial charge in [0, 0.05) is 17.3 Å². The number of fused-ring (bicyclic) bond motifs is 2. The Kier molecular flexibility index (Phi) is 4.96. The predicted molar refractivity (Wildman–Crippen MR) is 128 cm³/mol. The molecule has 8 heteroatoms. The van der Waals surface area contributed by atoms with Crippen molar-refractivity contribution in [2.75, 3.05) is 11.7 Å². The van der Waals surface area contributed by atoms with E-state index in [1.165, 1.54) is 12.1 Å². The molecule has 178 valence electrons. The first-order valence-corrected chi connectivity index (χ1v) is 11.1. The maximum atomic E-state index is 14.2. The third-order valence-electron chi connectivity index (χ3n) is 6.39. The largest absolute Gasteiger partial charge is 0.507 e. The Bertz CT molecular complexity index is 1610. The number of aliphatic hydroxyl groups is 1. The van der Waals surface area contributed by atoms with Crippen LogP contribution in [0.15, 0.2) is 84.4 Å². The summed E-state index contributed by atoms with van der Waals surface area (Å²) in [4.78, 5) is 27.8. The Morgan fingerprint density at radius 3 is 2.47 bits per heavy atom. The minimum atomic E-state index is -1.16. The minimum Gasteiger partial charge on any atom is -0.507 e. The molecule has 1 saturated heterocycles. The molecule has 0 aromatic heterocycles. The van der Waals surface area contributed by atoms with Gasteiger partial charge >= 0.3 is 0 Å². The molecule has 1 atom stereocenters. The summed E-state index contributed by atoms with van der Waals surface area (Å²) in [6, 6.07) is 19.3. The van der Waals surface area contributed by atoms with Gasteiger partial charge in [-0.15, -0.1) is 0 Å². The number of halogens is 2. The molecule has 2 heterocycles. The van der Waals surface area contributed by atoms with Crippen LogP contribution in [0.25, 0.3) is 16.5 Å². The number of benzene rings is 4. The van der Waals surface area contributed by atoms with Crippen molar-refractivity contribution in [1.29, 1.82) is 0 Å². The molecule has 1 amide bonds. The third-order valence-corrected chi connectivity index (χ3v) is 6.39. The quantitative estimate of drug-likeness (QED) is 0.237. The highest BCUT2D eigenvalue weighted by molar-refractivity contribution is 6.51. The first-order valence-electron chi connectivity index (χ1n) is 11.1. The van der Waals surface area contributed by atoms with Crippen LogP contribution in [0.3, 0.4) is 0 Å². The number of nitrogens with zero attached hydrogens (tertiary/aromatic N) is 1.